The molecule has 4 rings (SSSR count). The van der Waals surface area contributed by atoms with Gasteiger partial charge in [-0.1, -0.05) is 25.5 Å². The van der Waals surface area contributed by atoms with Gasteiger partial charge in [0, 0.05) is 13.0 Å². The highest BCUT2D eigenvalue weighted by Crippen LogP contribution is 2.67. The van der Waals surface area contributed by atoms with Crippen molar-refractivity contribution in [3.63, 3.8) is 0 Å². The average molecular weight is 344 g/mol. The third kappa shape index (κ3) is 2.61. The summed E-state index contributed by atoms with van der Waals surface area (Å²) in [6.45, 7) is 9.13. The van der Waals surface area contributed by atoms with E-state index in [4.69, 9.17) is 0 Å². The number of fused-ring (bicyclic) bond motifs is 5. The van der Waals surface area contributed by atoms with Gasteiger partial charge in [0.15, 0.2) is 0 Å². The zero-order valence-corrected chi connectivity index (χ0v) is 16.7. The summed E-state index contributed by atoms with van der Waals surface area (Å²) in [6.07, 6.45) is 14.6. The fourth-order valence-corrected chi connectivity index (χ4v) is 8.00. The van der Waals surface area contributed by atoms with Crippen LogP contribution in [0.5, 0.6) is 0 Å². The summed E-state index contributed by atoms with van der Waals surface area (Å²) in [6, 6.07) is 0.432. The van der Waals surface area contributed by atoms with Crippen LogP contribution in [0.4, 0.5) is 0 Å². The summed E-state index contributed by atoms with van der Waals surface area (Å²) >= 11 is 0. The van der Waals surface area contributed by atoms with E-state index in [0.717, 1.165) is 23.7 Å². The molecule has 0 spiro atoms. The molecule has 0 bridgehead atoms. The number of nitrogens with one attached hydrogen (secondary N) is 1. The second-order valence-corrected chi connectivity index (χ2v) is 10.1. The predicted octanol–water partition coefficient (Wildman–Crippen LogP) is 5.48. The smallest absolute Gasteiger partial charge is 0.217 e. The molecule has 0 radical (unpaired) electrons. The van der Waals surface area contributed by atoms with Gasteiger partial charge in [-0.15, -0.1) is 0 Å². The Kier molecular flexibility index (Phi) is 4.32. The average Bonchev–Trinajstić information content (AvgIpc) is 2.91. The van der Waals surface area contributed by atoms with Gasteiger partial charge in [0.05, 0.1) is 0 Å². The van der Waals surface area contributed by atoms with Crippen molar-refractivity contribution >= 4 is 5.91 Å². The molecule has 4 aliphatic rings. The van der Waals surface area contributed by atoms with Gasteiger partial charge >= 0.3 is 0 Å². The van der Waals surface area contributed by atoms with Crippen LogP contribution < -0.4 is 5.32 Å². The molecule has 0 heterocycles. The zero-order chi connectivity index (χ0) is 17.8. The van der Waals surface area contributed by atoms with Gasteiger partial charge in [-0.05, 0) is 99.2 Å². The lowest BCUT2D eigenvalue weighted by molar-refractivity contribution is -0.123. The molecule has 0 aliphatic heterocycles. The highest BCUT2D eigenvalue weighted by molar-refractivity contribution is 5.73. The van der Waals surface area contributed by atoms with Crippen LogP contribution in [0.1, 0.15) is 85.5 Å². The van der Waals surface area contributed by atoms with Crippen LogP contribution in [0.25, 0.3) is 0 Å². The minimum absolute atomic E-state index is 0.153. The number of hydrogen-bond acceptors (Lipinski definition) is 1. The zero-order valence-electron chi connectivity index (χ0n) is 16.7. The normalized spacial score (nSPS) is 50.7. The summed E-state index contributed by atoms with van der Waals surface area (Å²) in [5, 5.41) is 3.21. The van der Waals surface area contributed by atoms with Crippen LogP contribution in [0.2, 0.25) is 0 Å². The van der Waals surface area contributed by atoms with E-state index in [0.29, 0.717) is 16.9 Å². The molecular formula is C23H37NO. The number of carbonyl (C=O) groups excluding carboxylic acids is 1. The third-order valence-corrected chi connectivity index (χ3v) is 9.27. The Morgan fingerprint density at radius 1 is 1.08 bits per heavy atom. The van der Waals surface area contributed by atoms with Crippen LogP contribution in [-0.4, -0.2) is 11.9 Å². The second kappa shape index (κ2) is 6.13. The van der Waals surface area contributed by atoms with E-state index in [2.05, 4.69) is 32.2 Å². The molecule has 140 valence electrons. The molecule has 0 saturated heterocycles. The van der Waals surface area contributed by atoms with Crippen LogP contribution in [0.15, 0.2) is 11.6 Å². The molecule has 2 heteroatoms. The summed E-state index contributed by atoms with van der Waals surface area (Å²) < 4.78 is 0. The molecule has 1 unspecified atom stereocenters. The largest absolute Gasteiger partial charge is 0.354 e. The Morgan fingerprint density at radius 3 is 2.60 bits per heavy atom. The maximum absolute atomic E-state index is 11.5. The Labute approximate surface area is 154 Å². The topological polar surface area (TPSA) is 29.1 Å². The van der Waals surface area contributed by atoms with Crippen molar-refractivity contribution in [1.29, 1.82) is 0 Å². The standard InChI is InChI=1S/C23H37NO/c1-5-16-7-9-20-19-8-6-17-14-18(24-15(2)25)10-12-23(17,4)21(19)11-13-22(16,20)3/h5,17-21H,6-14H2,1-4H3,(H,24,25)/b16-5-/t17?,18-,19-,20-,21-,22+,23-/m0/s1. The van der Waals surface area contributed by atoms with Crippen molar-refractivity contribution in [3.05, 3.63) is 11.6 Å². The highest BCUT2D eigenvalue weighted by atomic mass is 16.1. The maximum Gasteiger partial charge on any atom is 0.217 e. The van der Waals surface area contributed by atoms with E-state index >= 15 is 0 Å². The lowest BCUT2D eigenvalue weighted by Crippen LogP contribution is -2.54. The molecule has 0 aromatic heterocycles. The van der Waals surface area contributed by atoms with Gasteiger partial charge in [0.2, 0.25) is 5.91 Å². The van der Waals surface area contributed by atoms with E-state index in [1.54, 1.807) is 12.5 Å². The fourth-order valence-electron chi connectivity index (χ4n) is 8.00. The van der Waals surface area contributed by atoms with Crippen LogP contribution >= 0.6 is 0 Å². The van der Waals surface area contributed by atoms with Gasteiger partial charge in [0.25, 0.3) is 0 Å². The molecule has 25 heavy (non-hydrogen) atoms. The van der Waals surface area contributed by atoms with Crippen LogP contribution in [0.3, 0.4) is 0 Å². The Morgan fingerprint density at radius 2 is 1.88 bits per heavy atom. The number of carbonyl (C=O) groups is 1. The first-order chi connectivity index (χ1) is 11.9. The van der Waals surface area contributed by atoms with E-state index in [-0.39, 0.29) is 5.91 Å². The lowest BCUT2D eigenvalue weighted by Gasteiger charge is -2.60. The molecule has 4 fully saturated rings. The number of rotatable bonds is 1. The minimum atomic E-state index is 0.153. The first-order valence-electron chi connectivity index (χ1n) is 10.8. The molecule has 4 saturated carbocycles. The number of hydrogen-bond donors (Lipinski definition) is 1. The molecule has 0 aromatic rings. The van der Waals surface area contributed by atoms with Crippen LogP contribution in [-0.2, 0) is 4.79 Å². The second-order valence-electron chi connectivity index (χ2n) is 10.1. The van der Waals surface area contributed by atoms with Gasteiger partial charge in [0.1, 0.15) is 0 Å². The first kappa shape index (κ1) is 17.6. The summed E-state index contributed by atoms with van der Waals surface area (Å²) in [7, 11) is 0. The van der Waals surface area contributed by atoms with Crippen molar-refractivity contribution in [2.45, 2.75) is 91.5 Å². The van der Waals surface area contributed by atoms with E-state index in [1.165, 1.54) is 57.8 Å². The summed E-state index contributed by atoms with van der Waals surface area (Å²) in [5.74, 6) is 3.80. The molecule has 2 nitrogen and oxygen atoms in total. The lowest BCUT2D eigenvalue weighted by atomic mass is 9.45. The van der Waals surface area contributed by atoms with Crippen molar-refractivity contribution in [2.75, 3.05) is 0 Å². The van der Waals surface area contributed by atoms with Gasteiger partial charge in [-0.2, -0.15) is 0 Å². The highest BCUT2D eigenvalue weighted by Gasteiger charge is 2.58. The van der Waals surface area contributed by atoms with Crippen molar-refractivity contribution in [3.8, 4) is 0 Å². The minimum Gasteiger partial charge on any atom is -0.354 e. The third-order valence-electron chi connectivity index (χ3n) is 9.27. The van der Waals surface area contributed by atoms with Crippen molar-refractivity contribution < 1.29 is 4.79 Å². The van der Waals surface area contributed by atoms with Gasteiger partial charge in [-0.3, -0.25) is 4.79 Å². The van der Waals surface area contributed by atoms with Crippen molar-refractivity contribution in [1.82, 2.24) is 5.32 Å². The van der Waals surface area contributed by atoms with E-state index < -0.39 is 0 Å². The van der Waals surface area contributed by atoms with Crippen LogP contribution in [0, 0.1) is 34.5 Å². The Bertz CT molecular complexity index is 581. The maximum atomic E-state index is 11.5. The summed E-state index contributed by atoms with van der Waals surface area (Å²) in [4.78, 5) is 11.5. The molecule has 1 N–H and O–H groups in total. The Balaban J connectivity index is 1.55. The Hall–Kier alpha value is -0.790. The number of amides is 1. The quantitative estimate of drug-likeness (QED) is 0.628. The van der Waals surface area contributed by atoms with Crippen molar-refractivity contribution in [2.24, 2.45) is 34.5 Å². The monoisotopic (exact) mass is 343 g/mol. The molecule has 1 amide bonds. The first-order valence-corrected chi connectivity index (χ1v) is 10.8. The molecular weight excluding hydrogens is 306 g/mol. The van der Waals surface area contributed by atoms with Gasteiger partial charge < -0.3 is 5.32 Å². The predicted molar refractivity (Wildman–Crippen MR) is 103 cm³/mol. The van der Waals surface area contributed by atoms with E-state index in [9.17, 15) is 4.79 Å². The number of allylic oxidation sites excluding steroid dienone is 2. The van der Waals surface area contributed by atoms with Gasteiger partial charge in [-0.25, -0.2) is 0 Å². The summed E-state index contributed by atoms with van der Waals surface area (Å²) in [5.41, 5.74) is 2.79. The molecule has 4 aliphatic carbocycles. The van der Waals surface area contributed by atoms with E-state index in [1.807, 2.05) is 0 Å². The molecule has 0 aromatic carbocycles. The fraction of sp³-hybridized carbons (Fsp3) is 0.870. The SMILES string of the molecule is C/C=C1/CC[C@H]2[C@@H]3CCC4C[C@@H](NC(C)=O)CC[C@]4(C)[C@H]3CC[C@]12C. The molecule has 7 atom stereocenters.